The van der Waals surface area contributed by atoms with Crippen molar-refractivity contribution in [3.63, 3.8) is 0 Å². The van der Waals surface area contributed by atoms with Crippen molar-refractivity contribution in [2.45, 2.75) is 38.4 Å². The number of likely N-dealkylation sites (tertiary alicyclic amines) is 1. The summed E-state index contributed by atoms with van der Waals surface area (Å²) in [7, 11) is 0. The summed E-state index contributed by atoms with van der Waals surface area (Å²) in [5.41, 5.74) is 5.01. The van der Waals surface area contributed by atoms with E-state index in [0.717, 1.165) is 29.9 Å². The van der Waals surface area contributed by atoms with Crippen LogP contribution in [-0.2, 0) is 4.74 Å². The number of benzene rings is 1. The third-order valence-electron chi connectivity index (χ3n) is 6.79. The van der Waals surface area contributed by atoms with Crippen molar-refractivity contribution in [2.24, 2.45) is 5.41 Å². The molecular formula is C22H29N5OS. The molecule has 0 saturated carbocycles. The maximum atomic E-state index is 9.37. The number of hydrogen-bond donors (Lipinski definition) is 1. The minimum Gasteiger partial charge on any atom is -0.370 e. The Morgan fingerprint density at radius 1 is 1.38 bits per heavy atom. The third-order valence-corrected chi connectivity index (χ3v) is 7.64. The van der Waals surface area contributed by atoms with Gasteiger partial charge in [0.05, 0.1) is 33.7 Å². The fraction of sp³-hybridized carbons (Fsp3) is 0.636. The number of morpholine rings is 1. The summed E-state index contributed by atoms with van der Waals surface area (Å²) in [6.07, 6.45) is 4.38. The molecule has 0 amide bonds. The van der Waals surface area contributed by atoms with Crippen molar-refractivity contribution in [3.8, 4) is 6.07 Å². The quantitative estimate of drug-likeness (QED) is 0.838. The van der Waals surface area contributed by atoms with Crippen LogP contribution in [0.3, 0.4) is 0 Å². The van der Waals surface area contributed by atoms with Crippen LogP contribution in [0.15, 0.2) is 17.6 Å². The number of aromatic nitrogens is 1. The second kappa shape index (κ2) is 7.84. The summed E-state index contributed by atoms with van der Waals surface area (Å²) in [4.78, 5) is 9.50. The first-order valence-electron chi connectivity index (χ1n) is 10.8. The first-order valence-corrected chi connectivity index (χ1v) is 11.6. The van der Waals surface area contributed by atoms with Gasteiger partial charge in [0.15, 0.2) is 0 Å². The highest BCUT2D eigenvalue weighted by molar-refractivity contribution is 7.17. The lowest BCUT2D eigenvalue weighted by Crippen LogP contribution is -2.51. The first-order chi connectivity index (χ1) is 14.2. The number of nitrogens with one attached hydrogen (secondary N) is 1. The van der Waals surface area contributed by atoms with Gasteiger partial charge in [0.2, 0.25) is 0 Å². The molecule has 1 N–H and O–H groups in total. The van der Waals surface area contributed by atoms with Crippen molar-refractivity contribution >= 4 is 27.2 Å². The molecule has 7 heteroatoms. The second-order valence-electron chi connectivity index (χ2n) is 9.01. The van der Waals surface area contributed by atoms with Gasteiger partial charge in [-0.05, 0) is 56.8 Å². The Hall–Kier alpha value is -1.72. The second-order valence-corrected chi connectivity index (χ2v) is 9.87. The normalized spacial score (nSPS) is 30.8. The number of hydrogen-bond acceptors (Lipinski definition) is 7. The number of nitriles is 1. The fourth-order valence-corrected chi connectivity index (χ4v) is 6.32. The molecule has 2 aromatic rings. The van der Waals surface area contributed by atoms with Crippen LogP contribution in [0.2, 0.25) is 0 Å². The van der Waals surface area contributed by atoms with Crippen LogP contribution in [-0.4, -0.2) is 67.9 Å². The van der Waals surface area contributed by atoms with Crippen LogP contribution >= 0.6 is 11.3 Å². The molecule has 29 heavy (non-hydrogen) atoms. The summed E-state index contributed by atoms with van der Waals surface area (Å²) in [5, 5.41) is 13.0. The highest BCUT2D eigenvalue weighted by Crippen LogP contribution is 2.37. The van der Waals surface area contributed by atoms with E-state index < -0.39 is 0 Å². The molecule has 154 valence electrons. The molecular weight excluding hydrogens is 382 g/mol. The number of piperidine rings is 1. The molecule has 0 bridgehead atoms. The molecule has 1 unspecified atom stereocenters. The van der Waals surface area contributed by atoms with Gasteiger partial charge in [0, 0.05) is 32.7 Å². The SMILES string of the molecule is C[C@@H]1CN(c2ccc(C#N)c3ncsc23)C[C@H](CN2CCC3(CCCNC3)C2)O1. The summed E-state index contributed by atoms with van der Waals surface area (Å²) in [5.74, 6) is 0. The van der Waals surface area contributed by atoms with E-state index in [1.54, 1.807) is 11.3 Å². The van der Waals surface area contributed by atoms with Crippen molar-refractivity contribution in [2.75, 3.05) is 50.7 Å². The van der Waals surface area contributed by atoms with E-state index in [1.165, 1.54) is 51.1 Å². The molecule has 6 nitrogen and oxygen atoms in total. The zero-order chi connectivity index (χ0) is 19.8. The Morgan fingerprint density at radius 2 is 2.31 bits per heavy atom. The van der Waals surface area contributed by atoms with Crippen molar-refractivity contribution in [1.29, 1.82) is 5.26 Å². The van der Waals surface area contributed by atoms with Gasteiger partial charge < -0.3 is 19.9 Å². The van der Waals surface area contributed by atoms with Gasteiger partial charge in [0.1, 0.15) is 11.6 Å². The molecule has 1 aromatic heterocycles. The topological polar surface area (TPSA) is 64.4 Å². The largest absolute Gasteiger partial charge is 0.370 e. The smallest absolute Gasteiger partial charge is 0.101 e. The summed E-state index contributed by atoms with van der Waals surface area (Å²) >= 11 is 1.63. The maximum Gasteiger partial charge on any atom is 0.101 e. The number of fused-ring (bicyclic) bond motifs is 1. The first kappa shape index (κ1) is 19.3. The van der Waals surface area contributed by atoms with E-state index in [9.17, 15) is 5.26 Å². The molecule has 3 atom stereocenters. The molecule has 1 aromatic carbocycles. The molecule has 4 heterocycles. The molecule has 5 rings (SSSR count). The predicted molar refractivity (Wildman–Crippen MR) is 116 cm³/mol. The van der Waals surface area contributed by atoms with Gasteiger partial charge in [-0.3, -0.25) is 0 Å². The predicted octanol–water partition coefficient (Wildman–Crippen LogP) is 2.84. The molecule has 1 spiro atoms. The fourth-order valence-electron chi connectivity index (χ4n) is 5.47. The van der Waals surface area contributed by atoms with Crippen molar-refractivity contribution < 1.29 is 4.74 Å². The zero-order valence-corrected chi connectivity index (χ0v) is 17.9. The van der Waals surface area contributed by atoms with Crippen LogP contribution in [0.25, 0.3) is 10.2 Å². The third kappa shape index (κ3) is 3.75. The summed E-state index contributed by atoms with van der Waals surface area (Å²) in [6.45, 7) is 9.68. The van der Waals surface area contributed by atoms with Crippen molar-refractivity contribution in [3.05, 3.63) is 23.2 Å². The molecule has 0 radical (unpaired) electrons. The Morgan fingerprint density at radius 3 is 3.14 bits per heavy atom. The van der Waals surface area contributed by atoms with Crippen LogP contribution in [0.1, 0.15) is 31.7 Å². The number of anilines is 1. The monoisotopic (exact) mass is 411 g/mol. The summed E-state index contributed by atoms with van der Waals surface area (Å²) in [6, 6.07) is 6.27. The average molecular weight is 412 g/mol. The van der Waals surface area contributed by atoms with E-state index in [2.05, 4.69) is 39.2 Å². The van der Waals surface area contributed by atoms with Crippen LogP contribution < -0.4 is 10.2 Å². The minimum absolute atomic E-state index is 0.195. The van der Waals surface area contributed by atoms with Gasteiger partial charge >= 0.3 is 0 Å². The lowest BCUT2D eigenvalue weighted by molar-refractivity contribution is -0.0308. The van der Waals surface area contributed by atoms with Gasteiger partial charge in [0.25, 0.3) is 0 Å². The number of thiazole rings is 1. The Bertz CT molecular complexity index is 916. The molecule has 3 fully saturated rings. The van der Waals surface area contributed by atoms with E-state index in [4.69, 9.17) is 4.74 Å². The molecule has 0 aliphatic carbocycles. The zero-order valence-electron chi connectivity index (χ0n) is 17.1. The lowest BCUT2D eigenvalue weighted by atomic mass is 9.80. The highest BCUT2D eigenvalue weighted by Gasteiger charge is 2.40. The van der Waals surface area contributed by atoms with Gasteiger partial charge in [-0.15, -0.1) is 11.3 Å². The maximum absolute atomic E-state index is 9.37. The molecule has 3 aliphatic heterocycles. The van der Waals surface area contributed by atoms with Crippen LogP contribution in [0, 0.1) is 16.7 Å². The van der Waals surface area contributed by atoms with Crippen LogP contribution in [0.5, 0.6) is 0 Å². The Balaban J connectivity index is 1.30. The number of nitrogens with zero attached hydrogens (tertiary/aromatic N) is 4. The lowest BCUT2D eigenvalue weighted by Gasteiger charge is -2.40. The minimum atomic E-state index is 0.195. The molecule has 3 saturated heterocycles. The van der Waals surface area contributed by atoms with E-state index in [0.29, 0.717) is 11.0 Å². The van der Waals surface area contributed by atoms with E-state index in [1.807, 2.05) is 11.6 Å². The van der Waals surface area contributed by atoms with Gasteiger partial charge in [-0.1, -0.05) is 0 Å². The molecule has 3 aliphatic rings. The van der Waals surface area contributed by atoms with Crippen LogP contribution in [0.4, 0.5) is 5.69 Å². The number of ether oxygens (including phenoxy) is 1. The van der Waals surface area contributed by atoms with Gasteiger partial charge in [-0.2, -0.15) is 5.26 Å². The van der Waals surface area contributed by atoms with E-state index in [-0.39, 0.29) is 12.2 Å². The van der Waals surface area contributed by atoms with Crippen molar-refractivity contribution in [1.82, 2.24) is 15.2 Å². The standard InChI is InChI=1S/C22H29N5OS/c1-16-10-27(19-4-3-17(9-23)20-21(19)29-15-25-20)12-18(28-16)11-26-8-6-22(14-26)5-2-7-24-13-22/h3-4,15-16,18,24H,2,5-8,10-14H2,1H3/t16-,18+,22?/m1/s1. The highest BCUT2D eigenvalue weighted by atomic mass is 32.1. The Labute approximate surface area is 176 Å². The summed E-state index contributed by atoms with van der Waals surface area (Å²) < 4.78 is 7.47. The van der Waals surface area contributed by atoms with Gasteiger partial charge in [-0.25, -0.2) is 4.98 Å². The average Bonchev–Trinajstić information content (AvgIpc) is 3.35. The Kier molecular flexibility index (Phi) is 5.21. The number of rotatable bonds is 3. The van der Waals surface area contributed by atoms with E-state index >= 15 is 0 Å².